The minimum atomic E-state index is -0.121. The molecule has 1 N–H and O–H groups in total. The normalized spacial score (nSPS) is 11.9. The van der Waals surface area contributed by atoms with E-state index in [1.807, 2.05) is 42.5 Å². The highest BCUT2D eigenvalue weighted by molar-refractivity contribution is 7.48. The molecule has 0 radical (unpaired) electrons. The number of aromatic hydroxyl groups is 1. The molecule has 3 heteroatoms. The molecule has 0 bridgehead atoms. The number of phenols is 1. The molecule has 1 unspecified atom stereocenters. The molecule has 21 heavy (non-hydrogen) atoms. The van der Waals surface area contributed by atoms with Gasteiger partial charge in [-0.1, -0.05) is 64.9 Å². The number of phenolic OH excluding ortho intramolecular Hbond substituents is 1. The lowest BCUT2D eigenvalue weighted by molar-refractivity contribution is 0.112. The Morgan fingerprint density at radius 1 is 1.05 bits per heavy atom. The highest BCUT2D eigenvalue weighted by Gasteiger charge is 2.31. The van der Waals surface area contributed by atoms with E-state index in [9.17, 15) is 9.90 Å². The zero-order valence-corrected chi connectivity index (χ0v) is 13.5. The lowest BCUT2D eigenvalue weighted by atomic mass is 9.92. The largest absolute Gasteiger partial charge is 0.508 e. The number of hydrogen-bond acceptors (Lipinski definition) is 2. The summed E-state index contributed by atoms with van der Waals surface area (Å²) in [5.41, 5.74) is 1.73. The van der Waals surface area contributed by atoms with Crippen LogP contribution in [0.2, 0.25) is 0 Å². The monoisotopic (exact) mass is 300 g/mol. The lowest BCUT2D eigenvalue weighted by Crippen LogP contribution is -2.23. The molecule has 0 spiro atoms. The fraction of sp³-hybridized carbons (Fsp3) is 0.278. The molecule has 0 aliphatic rings. The molecule has 2 rings (SSSR count). The molecule has 2 aromatic carbocycles. The Morgan fingerprint density at radius 3 is 2.29 bits per heavy atom. The second kappa shape index (κ2) is 6.87. The number of carbonyl (C=O) groups is 1. The van der Waals surface area contributed by atoms with Crippen molar-refractivity contribution in [1.29, 1.82) is 0 Å². The van der Waals surface area contributed by atoms with E-state index in [4.69, 9.17) is 0 Å². The number of benzene rings is 2. The molecule has 0 amide bonds. The number of carbonyl (C=O) groups excluding carboxylic acids is 1. The van der Waals surface area contributed by atoms with Crippen molar-refractivity contribution in [3.63, 3.8) is 0 Å². The molecule has 110 valence electrons. The Labute approximate surface area is 128 Å². The maximum absolute atomic E-state index is 11.2. The van der Waals surface area contributed by atoms with E-state index in [-0.39, 0.29) is 5.16 Å². The summed E-state index contributed by atoms with van der Waals surface area (Å²) in [6, 6.07) is 15.3. The fourth-order valence-corrected chi connectivity index (χ4v) is 4.41. The standard InChI is InChI=1S/C18H21O2P/c1-3-18(4-2,15-10-6-7-11-16(15)20)21-17-12-8-5-9-14(17)13-19/h5-13,20-21H,3-4H2,1-2H3. The van der Waals surface area contributed by atoms with Gasteiger partial charge in [-0.05, 0) is 24.2 Å². The van der Waals surface area contributed by atoms with Crippen LogP contribution in [0.3, 0.4) is 0 Å². The van der Waals surface area contributed by atoms with Gasteiger partial charge in [-0.15, -0.1) is 0 Å². The average Bonchev–Trinajstić information content (AvgIpc) is 2.54. The van der Waals surface area contributed by atoms with Gasteiger partial charge in [-0.25, -0.2) is 0 Å². The van der Waals surface area contributed by atoms with Gasteiger partial charge in [0.2, 0.25) is 0 Å². The van der Waals surface area contributed by atoms with Gasteiger partial charge >= 0.3 is 0 Å². The highest BCUT2D eigenvalue weighted by Crippen LogP contribution is 2.49. The van der Waals surface area contributed by atoms with E-state index >= 15 is 0 Å². The van der Waals surface area contributed by atoms with Gasteiger partial charge in [0.25, 0.3) is 0 Å². The van der Waals surface area contributed by atoms with Crippen LogP contribution in [0.5, 0.6) is 5.75 Å². The predicted molar refractivity (Wildman–Crippen MR) is 90.1 cm³/mol. The summed E-state index contributed by atoms with van der Waals surface area (Å²) in [6.45, 7) is 4.29. The SMILES string of the molecule is CCC(CC)(Pc1ccccc1C=O)c1ccccc1O. The summed E-state index contributed by atoms with van der Waals surface area (Å²) in [4.78, 5) is 11.2. The topological polar surface area (TPSA) is 37.3 Å². The molecule has 0 fully saturated rings. The zero-order chi connectivity index (χ0) is 15.3. The van der Waals surface area contributed by atoms with Gasteiger partial charge in [0.1, 0.15) is 5.75 Å². The second-order valence-corrected chi connectivity index (χ2v) is 6.88. The highest BCUT2D eigenvalue weighted by atomic mass is 31.1. The quantitative estimate of drug-likeness (QED) is 0.640. The summed E-state index contributed by atoms with van der Waals surface area (Å²) in [6.07, 6.45) is 2.77. The van der Waals surface area contributed by atoms with Crippen molar-refractivity contribution in [2.45, 2.75) is 31.8 Å². The molecule has 2 aromatic rings. The minimum Gasteiger partial charge on any atom is -0.508 e. The molecule has 0 heterocycles. The van der Waals surface area contributed by atoms with Crippen LogP contribution in [-0.4, -0.2) is 11.4 Å². The molecule has 0 aromatic heterocycles. The van der Waals surface area contributed by atoms with E-state index in [1.165, 1.54) is 0 Å². The van der Waals surface area contributed by atoms with E-state index in [0.29, 0.717) is 14.3 Å². The van der Waals surface area contributed by atoms with Crippen molar-refractivity contribution >= 4 is 20.2 Å². The predicted octanol–water partition coefficient (Wildman–Crippen LogP) is 4.22. The summed E-state index contributed by atoms with van der Waals surface area (Å²) >= 11 is 0. The summed E-state index contributed by atoms with van der Waals surface area (Å²) in [7, 11) is 0.454. The first kappa shape index (κ1) is 15.7. The van der Waals surface area contributed by atoms with Crippen molar-refractivity contribution in [2.75, 3.05) is 0 Å². The number of aldehydes is 1. The molecule has 0 saturated carbocycles. The Bertz CT molecular complexity index is 618. The van der Waals surface area contributed by atoms with E-state index in [2.05, 4.69) is 13.8 Å². The van der Waals surface area contributed by atoms with Crippen molar-refractivity contribution in [3.05, 3.63) is 59.7 Å². The molecule has 1 atom stereocenters. The van der Waals surface area contributed by atoms with Crippen LogP contribution < -0.4 is 5.30 Å². The van der Waals surface area contributed by atoms with Crippen molar-refractivity contribution in [1.82, 2.24) is 0 Å². The Kier molecular flexibility index (Phi) is 5.14. The Morgan fingerprint density at radius 2 is 1.67 bits per heavy atom. The first-order valence-corrected chi connectivity index (χ1v) is 8.27. The third-order valence-corrected chi connectivity index (χ3v) is 6.27. The average molecular weight is 300 g/mol. The molecule has 2 nitrogen and oxygen atoms in total. The Hall–Kier alpha value is -1.66. The number of hydrogen-bond donors (Lipinski definition) is 1. The van der Waals surface area contributed by atoms with Crippen LogP contribution in [-0.2, 0) is 5.16 Å². The molecular formula is C18H21O2P. The van der Waals surface area contributed by atoms with Crippen LogP contribution in [0.15, 0.2) is 48.5 Å². The van der Waals surface area contributed by atoms with Gasteiger partial charge in [0.05, 0.1) is 0 Å². The minimum absolute atomic E-state index is 0.121. The smallest absolute Gasteiger partial charge is 0.150 e. The van der Waals surface area contributed by atoms with E-state index in [1.54, 1.807) is 6.07 Å². The fourth-order valence-electron chi connectivity index (χ4n) is 2.72. The van der Waals surface area contributed by atoms with Crippen LogP contribution in [0.1, 0.15) is 42.6 Å². The second-order valence-electron chi connectivity index (χ2n) is 5.14. The van der Waals surface area contributed by atoms with Gasteiger partial charge in [0.15, 0.2) is 6.29 Å². The van der Waals surface area contributed by atoms with E-state index < -0.39 is 0 Å². The van der Waals surface area contributed by atoms with Gasteiger partial charge in [0, 0.05) is 16.3 Å². The number of rotatable bonds is 6. The molecular weight excluding hydrogens is 279 g/mol. The summed E-state index contributed by atoms with van der Waals surface area (Å²) in [5.74, 6) is 0.345. The maximum atomic E-state index is 11.2. The molecule has 0 saturated heterocycles. The Balaban J connectivity index is 2.48. The third-order valence-electron chi connectivity index (χ3n) is 4.09. The van der Waals surface area contributed by atoms with Crippen LogP contribution in [0, 0.1) is 0 Å². The third kappa shape index (κ3) is 3.16. The van der Waals surface area contributed by atoms with Crippen molar-refractivity contribution in [3.8, 4) is 5.75 Å². The van der Waals surface area contributed by atoms with Crippen LogP contribution in [0.4, 0.5) is 0 Å². The number of para-hydroxylation sites is 1. The van der Waals surface area contributed by atoms with Gasteiger partial charge < -0.3 is 5.11 Å². The summed E-state index contributed by atoms with van der Waals surface area (Å²) < 4.78 is 0. The van der Waals surface area contributed by atoms with Crippen molar-refractivity contribution < 1.29 is 9.90 Å². The van der Waals surface area contributed by atoms with Crippen LogP contribution >= 0.6 is 8.58 Å². The van der Waals surface area contributed by atoms with Crippen molar-refractivity contribution in [2.24, 2.45) is 0 Å². The zero-order valence-electron chi connectivity index (χ0n) is 12.5. The lowest BCUT2D eigenvalue weighted by Gasteiger charge is -2.33. The first-order chi connectivity index (χ1) is 10.2. The maximum Gasteiger partial charge on any atom is 0.150 e. The van der Waals surface area contributed by atoms with Gasteiger partial charge in [-0.2, -0.15) is 0 Å². The van der Waals surface area contributed by atoms with E-state index in [0.717, 1.165) is 35.6 Å². The molecule has 0 aliphatic heterocycles. The van der Waals surface area contributed by atoms with Gasteiger partial charge in [-0.3, -0.25) is 4.79 Å². The summed E-state index contributed by atoms with van der Waals surface area (Å²) in [5, 5.41) is 11.2. The van der Waals surface area contributed by atoms with Crippen LogP contribution in [0.25, 0.3) is 0 Å². The first-order valence-electron chi connectivity index (χ1n) is 7.27. The molecule has 0 aliphatic carbocycles.